The van der Waals surface area contributed by atoms with E-state index in [0.29, 0.717) is 0 Å². The summed E-state index contributed by atoms with van der Waals surface area (Å²) in [5.74, 6) is 0.736. The first-order chi connectivity index (χ1) is 8.55. The second-order valence-corrected chi connectivity index (χ2v) is 5.14. The van der Waals surface area contributed by atoms with Crippen LogP contribution in [0, 0.1) is 0 Å². The van der Waals surface area contributed by atoms with Crippen molar-refractivity contribution in [3.63, 3.8) is 0 Å². The predicted molar refractivity (Wildman–Crippen MR) is 75.8 cm³/mol. The highest BCUT2D eigenvalue weighted by Crippen LogP contribution is 2.35. The van der Waals surface area contributed by atoms with Crippen molar-refractivity contribution in [2.24, 2.45) is 0 Å². The number of methoxy groups -OCH3 is 1. The highest BCUT2D eigenvalue weighted by Gasteiger charge is 2.27. The summed E-state index contributed by atoms with van der Waals surface area (Å²) < 4.78 is 6.08. The first-order valence-corrected chi connectivity index (χ1v) is 6.47. The molecule has 94 valence electrons. The number of rotatable bonds is 3. The minimum Gasteiger partial charge on any atom is -0.497 e. The van der Waals surface area contributed by atoms with E-state index in [1.165, 1.54) is 0 Å². The molecule has 0 aromatic heterocycles. The SMILES string of the molecule is COc1cccc(C(C)(O)c2ccccc2Br)c1. The summed E-state index contributed by atoms with van der Waals surface area (Å²) in [5.41, 5.74) is 0.571. The Hall–Kier alpha value is -1.32. The fourth-order valence-electron chi connectivity index (χ4n) is 1.94. The third-order valence-electron chi connectivity index (χ3n) is 3.03. The third-order valence-corrected chi connectivity index (χ3v) is 3.72. The van der Waals surface area contributed by atoms with Crippen LogP contribution in [0.5, 0.6) is 5.75 Å². The van der Waals surface area contributed by atoms with Crippen molar-refractivity contribution in [2.75, 3.05) is 7.11 Å². The average molecular weight is 307 g/mol. The molecule has 1 atom stereocenters. The molecule has 0 aliphatic carbocycles. The van der Waals surface area contributed by atoms with Gasteiger partial charge in [-0.15, -0.1) is 0 Å². The molecule has 1 unspecified atom stereocenters. The Morgan fingerprint density at radius 2 is 1.83 bits per heavy atom. The molecule has 0 aliphatic rings. The Morgan fingerprint density at radius 1 is 1.11 bits per heavy atom. The van der Waals surface area contributed by atoms with Gasteiger partial charge in [0.2, 0.25) is 0 Å². The summed E-state index contributed by atoms with van der Waals surface area (Å²) in [4.78, 5) is 0. The van der Waals surface area contributed by atoms with Gasteiger partial charge < -0.3 is 9.84 Å². The zero-order valence-corrected chi connectivity index (χ0v) is 11.9. The van der Waals surface area contributed by atoms with Crippen LogP contribution in [0.4, 0.5) is 0 Å². The molecule has 0 heterocycles. The van der Waals surface area contributed by atoms with Gasteiger partial charge in [-0.05, 0) is 30.7 Å². The monoisotopic (exact) mass is 306 g/mol. The average Bonchev–Trinajstić information content (AvgIpc) is 2.39. The van der Waals surface area contributed by atoms with E-state index in [1.54, 1.807) is 14.0 Å². The summed E-state index contributed by atoms with van der Waals surface area (Å²) in [6.45, 7) is 1.78. The maximum Gasteiger partial charge on any atom is 0.119 e. The van der Waals surface area contributed by atoms with Crippen LogP contribution >= 0.6 is 15.9 Å². The van der Waals surface area contributed by atoms with E-state index in [2.05, 4.69) is 15.9 Å². The standard InChI is InChI=1S/C15H15BrO2/c1-15(17,13-8-3-4-9-14(13)16)11-6-5-7-12(10-11)18-2/h3-10,17H,1-2H3. The van der Waals surface area contributed by atoms with Crippen molar-refractivity contribution >= 4 is 15.9 Å². The van der Waals surface area contributed by atoms with Crippen molar-refractivity contribution in [1.82, 2.24) is 0 Å². The highest BCUT2D eigenvalue weighted by atomic mass is 79.9. The number of hydrogen-bond acceptors (Lipinski definition) is 2. The zero-order valence-electron chi connectivity index (χ0n) is 10.4. The van der Waals surface area contributed by atoms with Crippen LogP contribution in [0.2, 0.25) is 0 Å². The van der Waals surface area contributed by atoms with Gasteiger partial charge >= 0.3 is 0 Å². The molecule has 18 heavy (non-hydrogen) atoms. The minimum atomic E-state index is -1.06. The van der Waals surface area contributed by atoms with Crippen LogP contribution in [0.1, 0.15) is 18.1 Å². The first-order valence-electron chi connectivity index (χ1n) is 5.67. The molecule has 0 aliphatic heterocycles. The van der Waals surface area contributed by atoms with Crippen LogP contribution in [0.3, 0.4) is 0 Å². The summed E-state index contributed by atoms with van der Waals surface area (Å²) in [7, 11) is 1.62. The van der Waals surface area contributed by atoms with Gasteiger partial charge in [0.1, 0.15) is 11.4 Å². The minimum absolute atomic E-state index is 0.736. The van der Waals surface area contributed by atoms with Crippen LogP contribution in [-0.2, 0) is 5.60 Å². The van der Waals surface area contributed by atoms with E-state index in [-0.39, 0.29) is 0 Å². The molecule has 0 fully saturated rings. The van der Waals surface area contributed by atoms with Gasteiger partial charge in [-0.1, -0.05) is 46.3 Å². The molecular formula is C15H15BrO2. The second-order valence-electron chi connectivity index (χ2n) is 4.28. The van der Waals surface area contributed by atoms with E-state index in [4.69, 9.17) is 4.74 Å². The van der Waals surface area contributed by atoms with Gasteiger partial charge in [0.15, 0.2) is 0 Å². The van der Waals surface area contributed by atoms with Crippen LogP contribution in [-0.4, -0.2) is 12.2 Å². The van der Waals surface area contributed by atoms with Gasteiger partial charge in [0, 0.05) is 10.0 Å². The highest BCUT2D eigenvalue weighted by molar-refractivity contribution is 9.10. The van der Waals surface area contributed by atoms with Crippen molar-refractivity contribution in [1.29, 1.82) is 0 Å². The largest absolute Gasteiger partial charge is 0.497 e. The van der Waals surface area contributed by atoms with E-state index in [0.717, 1.165) is 21.3 Å². The zero-order chi connectivity index (χ0) is 13.2. The van der Waals surface area contributed by atoms with Gasteiger partial charge in [0.25, 0.3) is 0 Å². The van der Waals surface area contributed by atoms with Crippen molar-refractivity contribution in [2.45, 2.75) is 12.5 Å². The Kier molecular flexibility index (Phi) is 3.73. The molecule has 3 heteroatoms. The lowest BCUT2D eigenvalue weighted by atomic mass is 9.88. The number of halogens is 1. The fourth-order valence-corrected chi connectivity index (χ4v) is 2.61. The quantitative estimate of drug-likeness (QED) is 0.936. The van der Waals surface area contributed by atoms with Crippen LogP contribution in [0.15, 0.2) is 53.0 Å². The van der Waals surface area contributed by atoms with Crippen molar-refractivity contribution in [3.8, 4) is 5.75 Å². The Morgan fingerprint density at radius 3 is 2.50 bits per heavy atom. The molecule has 0 saturated carbocycles. The lowest BCUT2D eigenvalue weighted by Crippen LogP contribution is -2.23. The number of benzene rings is 2. The van der Waals surface area contributed by atoms with Crippen molar-refractivity contribution in [3.05, 3.63) is 64.1 Å². The molecule has 2 nitrogen and oxygen atoms in total. The molecule has 0 spiro atoms. The first kappa shape index (κ1) is 13.1. The summed E-state index contributed by atoms with van der Waals surface area (Å²) in [6.07, 6.45) is 0. The van der Waals surface area contributed by atoms with Crippen LogP contribution in [0.25, 0.3) is 0 Å². The Labute approximate surface area is 115 Å². The molecule has 0 saturated heterocycles. The molecule has 0 amide bonds. The molecule has 0 radical (unpaired) electrons. The van der Waals surface area contributed by atoms with Gasteiger partial charge in [-0.25, -0.2) is 0 Å². The smallest absolute Gasteiger partial charge is 0.119 e. The van der Waals surface area contributed by atoms with E-state index >= 15 is 0 Å². The number of hydrogen-bond donors (Lipinski definition) is 1. The maximum absolute atomic E-state index is 10.8. The Bertz CT molecular complexity index is 550. The molecule has 0 bridgehead atoms. The molecule has 2 rings (SSSR count). The van der Waals surface area contributed by atoms with Crippen LogP contribution < -0.4 is 4.74 Å². The topological polar surface area (TPSA) is 29.5 Å². The van der Waals surface area contributed by atoms with Gasteiger partial charge in [-0.2, -0.15) is 0 Å². The molecule has 2 aromatic carbocycles. The lowest BCUT2D eigenvalue weighted by Gasteiger charge is -2.26. The summed E-state index contributed by atoms with van der Waals surface area (Å²) in [5, 5.41) is 10.8. The predicted octanol–water partition coefficient (Wildman–Crippen LogP) is 3.71. The molecular weight excluding hydrogens is 292 g/mol. The maximum atomic E-state index is 10.8. The summed E-state index contributed by atoms with van der Waals surface area (Å²) >= 11 is 3.47. The molecule has 1 N–H and O–H groups in total. The molecule has 2 aromatic rings. The number of aliphatic hydroxyl groups is 1. The lowest BCUT2D eigenvalue weighted by molar-refractivity contribution is 0.101. The van der Waals surface area contributed by atoms with E-state index in [1.807, 2.05) is 48.5 Å². The van der Waals surface area contributed by atoms with E-state index in [9.17, 15) is 5.11 Å². The van der Waals surface area contributed by atoms with Gasteiger partial charge in [-0.3, -0.25) is 0 Å². The van der Waals surface area contributed by atoms with E-state index < -0.39 is 5.60 Å². The van der Waals surface area contributed by atoms with Gasteiger partial charge in [0.05, 0.1) is 7.11 Å². The summed E-state index contributed by atoms with van der Waals surface area (Å²) in [6, 6.07) is 15.1. The normalized spacial score (nSPS) is 14.0. The Balaban J connectivity index is 2.50. The third kappa shape index (κ3) is 2.42. The second kappa shape index (κ2) is 5.12. The fraction of sp³-hybridized carbons (Fsp3) is 0.200. The number of ether oxygens (including phenoxy) is 1. The van der Waals surface area contributed by atoms with Crippen molar-refractivity contribution < 1.29 is 9.84 Å².